The molecule has 0 amide bonds. The molecule has 3 rings (SSSR count). The SMILES string of the molecule is O=C(C[C@H]1NCC[C@@H]1O)Cn1cnc2ccc(F)cc2c1=O. The summed E-state index contributed by atoms with van der Waals surface area (Å²) in [6.45, 7) is 0.541. The highest BCUT2D eigenvalue weighted by Gasteiger charge is 2.26. The molecule has 1 aromatic carbocycles. The van der Waals surface area contributed by atoms with Gasteiger partial charge in [0.25, 0.3) is 5.56 Å². The largest absolute Gasteiger partial charge is 0.391 e. The van der Waals surface area contributed by atoms with E-state index in [0.717, 1.165) is 6.07 Å². The van der Waals surface area contributed by atoms with Gasteiger partial charge in [-0.3, -0.25) is 14.2 Å². The molecule has 0 unspecified atom stereocenters. The summed E-state index contributed by atoms with van der Waals surface area (Å²) < 4.78 is 14.4. The van der Waals surface area contributed by atoms with Gasteiger partial charge < -0.3 is 10.4 Å². The van der Waals surface area contributed by atoms with E-state index in [9.17, 15) is 19.1 Å². The van der Waals surface area contributed by atoms with Gasteiger partial charge in [0.05, 0.1) is 29.9 Å². The lowest BCUT2D eigenvalue weighted by molar-refractivity contribution is -0.120. The molecule has 1 aliphatic rings. The molecule has 0 saturated carbocycles. The molecule has 2 atom stereocenters. The Labute approximate surface area is 125 Å². The molecule has 22 heavy (non-hydrogen) atoms. The van der Waals surface area contributed by atoms with E-state index in [1.807, 2.05) is 0 Å². The maximum absolute atomic E-state index is 13.2. The van der Waals surface area contributed by atoms with Crippen LogP contribution in [0.1, 0.15) is 12.8 Å². The van der Waals surface area contributed by atoms with Crippen molar-refractivity contribution in [1.82, 2.24) is 14.9 Å². The zero-order valence-corrected chi connectivity index (χ0v) is 11.8. The van der Waals surface area contributed by atoms with Gasteiger partial charge in [0, 0.05) is 12.5 Å². The van der Waals surface area contributed by atoms with Gasteiger partial charge in [-0.25, -0.2) is 9.37 Å². The normalized spacial score (nSPS) is 21.4. The van der Waals surface area contributed by atoms with Gasteiger partial charge >= 0.3 is 0 Å². The van der Waals surface area contributed by atoms with Crippen LogP contribution in [0.15, 0.2) is 29.3 Å². The maximum Gasteiger partial charge on any atom is 0.261 e. The van der Waals surface area contributed by atoms with E-state index in [1.165, 1.54) is 23.0 Å². The first-order valence-corrected chi connectivity index (χ1v) is 7.12. The fourth-order valence-electron chi connectivity index (χ4n) is 2.71. The number of benzene rings is 1. The Balaban J connectivity index is 1.80. The van der Waals surface area contributed by atoms with Crippen LogP contribution in [0.5, 0.6) is 0 Å². The van der Waals surface area contributed by atoms with Gasteiger partial charge in [0.2, 0.25) is 0 Å². The molecule has 1 saturated heterocycles. The number of rotatable bonds is 4. The van der Waals surface area contributed by atoms with Crippen molar-refractivity contribution in [3.63, 3.8) is 0 Å². The average Bonchev–Trinajstić information content (AvgIpc) is 2.88. The Kier molecular flexibility index (Phi) is 4.00. The van der Waals surface area contributed by atoms with Crippen molar-refractivity contribution in [2.75, 3.05) is 6.54 Å². The molecule has 2 aromatic rings. The van der Waals surface area contributed by atoms with E-state index in [0.29, 0.717) is 18.5 Å². The summed E-state index contributed by atoms with van der Waals surface area (Å²) in [5.41, 5.74) is -0.0549. The minimum Gasteiger partial charge on any atom is -0.391 e. The van der Waals surface area contributed by atoms with Crippen molar-refractivity contribution in [1.29, 1.82) is 0 Å². The number of aliphatic hydroxyl groups is 1. The third kappa shape index (κ3) is 2.90. The van der Waals surface area contributed by atoms with Crippen LogP contribution in [-0.2, 0) is 11.3 Å². The number of carbonyl (C=O) groups excluding carboxylic acids is 1. The van der Waals surface area contributed by atoms with Crippen LogP contribution in [0.2, 0.25) is 0 Å². The first-order chi connectivity index (χ1) is 10.5. The summed E-state index contributed by atoms with van der Waals surface area (Å²) in [7, 11) is 0. The first kappa shape index (κ1) is 14.8. The van der Waals surface area contributed by atoms with Crippen molar-refractivity contribution < 1.29 is 14.3 Å². The van der Waals surface area contributed by atoms with Gasteiger partial charge in [-0.05, 0) is 31.2 Å². The van der Waals surface area contributed by atoms with Gasteiger partial charge in [-0.15, -0.1) is 0 Å². The lowest BCUT2D eigenvalue weighted by Crippen LogP contribution is -2.34. The summed E-state index contributed by atoms with van der Waals surface area (Å²) in [5.74, 6) is -0.702. The lowest BCUT2D eigenvalue weighted by Gasteiger charge is -2.14. The number of aliphatic hydroxyl groups excluding tert-OH is 1. The summed E-state index contributed by atoms with van der Waals surface area (Å²) in [6, 6.07) is 3.51. The number of fused-ring (bicyclic) bond motifs is 1. The molecule has 0 aliphatic carbocycles. The Morgan fingerprint density at radius 3 is 3.05 bits per heavy atom. The number of halogens is 1. The lowest BCUT2D eigenvalue weighted by atomic mass is 10.1. The van der Waals surface area contributed by atoms with E-state index in [2.05, 4.69) is 10.3 Å². The molecular weight excluding hydrogens is 289 g/mol. The Bertz CT molecular complexity index is 774. The van der Waals surface area contributed by atoms with Gasteiger partial charge in [-0.2, -0.15) is 0 Å². The zero-order valence-electron chi connectivity index (χ0n) is 11.8. The fraction of sp³-hybridized carbons (Fsp3) is 0.400. The van der Waals surface area contributed by atoms with Crippen LogP contribution in [0, 0.1) is 5.82 Å². The summed E-state index contributed by atoms with van der Waals surface area (Å²) in [4.78, 5) is 28.4. The Hall–Kier alpha value is -2.12. The number of aromatic nitrogens is 2. The maximum atomic E-state index is 13.2. The van der Waals surface area contributed by atoms with E-state index >= 15 is 0 Å². The van der Waals surface area contributed by atoms with Crippen molar-refractivity contribution in [3.8, 4) is 0 Å². The fourth-order valence-corrected chi connectivity index (χ4v) is 2.71. The second-order valence-electron chi connectivity index (χ2n) is 5.50. The zero-order chi connectivity index (χ0) is 15.7. The third-order valence-electron chi connectivity index (χ3n) is 3.89. The van der Waals surface area contributed by atoms with Crippen molar-refractivity contribution in [2.24, 2.45) is 0 Å². The van der Waals surface area contributed by atoms with Crippen LogP contribution in [-0.4, -0.2) is 39.1 Å². The number of hydrogen-bond acceptors (Lipinski definition) is 5. The molecule has 6 nitrogen and oxygen atoms in total. The van der Waals surface area contributed by atoms with Crippen LogP contribution in [0.25, 0.3) is 10.9 Å². The molecule has 0 spiro atoms. The standard InChI is InChI=1S/C15H16FN3O3/c16-9-1-2-12-11(5-9)15(22)19(8-18-12)7-10(20)6-13-14(21)3-4-17-13/h1-2,5,8,13-14,17,21H,3-4,6-7H2/t13-,14+/m1/s1. The van der Waals surface area contributed by atoms with Gasteiger partial charge in [0.15, 0.2) is 5.78 Å². The smallest absolute Gasteiger partial charge is 0.261 e. The highest BCUT2D eigenvalue weighted by Crippen LogP contribution is 2.11. The highest BCUT2D eigenvalue weighted by atomic mass is 19.1. The molecule has 1 fully saturated rings. The molecule has 2 N–H and O–H groups in total. The van der Waals surface area contributed by atoms with Crippen LogP contribution >= 0.6 is 0 Å². The van der Waals surface area contributed by atoms with Crippen LogP contribution in [0.3, 0.4) is 0 Å². The van der Waals surface area contributed by atoms with Crippen molar-refractivity contribution in [2.45, 2.75) is 31.5 Å². The monoisotopic (exact) mass is 305 g/mol. The molecular formula is C15H16FN3O3. The van der Waals surface area contributed by atoms with E-state index in [-0.39, 0.29) is 30.2 Å². The van der Waals surface area contributed by atoms with Gasteiger partial charge in [-0.1, -0.05) is 0 Å². The predicted molar refractivity (Wildman–Crippen MR) is 78.0 cm³/mol. The van der Waals surface area contributed by atoms with E-state index < -0.39 is 17.5 Å². The number of nitrogens with one attached hydrogen (secondary N) is 1. The number of ketones is 1. The molecule has 0 bridgehead atoms. The van der Waals surface area contributed by atoms with E-state index in [1.54, 1.807) is 0 Å². The quantitative estimate of drug-likeness (QED) is 0.844. The molecule has 1 aromatic heterocycles. The third-order valence-corrected chi connectivity index (χ3v) is 3.89. The number of nitrogens with zero attached hydrogens (tertiary/aromatic N) is 2. The Morgan fingerprint density at radius 1 is 1.50 bits per heavy atom. The minimum absolute atomic E-state index is 0.136. The second kappa shape index (κ2) is 5.94. The predicted octanol–water partition coefficient (Wildman–Crippen LogP) is 0.218. The molecule has 7 heteroatoms. The molecule has 2 heterocycles. The topological polar surface area (TPSA) is 84.2 Å². The Morgan fingerprint density at radius 2 is 2.32 bits per heavy atom. The van der Waals surface area contributed by atoms with Crippen LogP contribution in [0.4, 0.5) is 4.39 Å². The molecule has 116 valence electrons. The van der Waals surface area contributed by atoms with E-state index in [4.69, 9.17) is 0 Å². The summed E-state index contributed by atoms with van der Waals surface area (Å²) in [5, 5.41) is 12.9. The van der Waals surface area contributed by atoms with Crippen molar-refractivity contribution in [3.05, 3.63) is 40.7 Å². The minimum atomic E-state index is -0.538. The highest BCUT2D eigenvalue weighted by molar-refractivity contribution is 5.80. The summed E-state index contributed by atoms with van der Waals surface area (Å²) >= 11 is 0. The number of hydrogen-bond donors (Lipinski definition) is 2. The number of carbonyl (C=O) groups is 1. The average molecular weight is 305 g/mol. The van der Waals surface area contributed by atoms with Crippen molar-refractivity contribution >= 4 is 16.7 Å². The first-order valence-electron chi connectivity index (χ1n) is 7.12. The molecule has 1 aliphatic heterocycles. The number of Topliss-reactive ketones (excluding diaryl/α,β-unsaturated/α-hetero) is 1. The summed E-state index contributed by atoms with van der Waals surface area (Å²) in [6.07, 6.45) is 1.52. The second-order valence-corrected chi connectivity index (χ2v) is 5.50. The van der Waals surface area contributed by atoms with Crippen LogP contribution < -0.4 is 10.9 Å². The van der Waals surface area contributed by atoms with Gasteiger partial charge in [0.1, 0.15) is 5.82 Å². The molecule has 0 radical (unpaired) electrons.